The van der Waals surface area contributed by atoms with Crippen LogP contribution in [0.4, 0.5) is 0 Å². The van der Waals surface area contributed by atoms with Gasteiger partial charge in [0, 0.05) is 5.56 Å². The van der Waals surface area contributed by atoms with Crippen LogP contribution in [-0.2, 0) is 16.8 Å². The molecule has 186 valence electrons. The van der Waals surface area contributed by atoms with Crippen molar-refractivity contribution in [3.8, 4) is 17.1 Å². The molecule has 0 fully saturated rings. The predicted molar refractivity (Wildman–Crippen MR) is 143 cm³/mol. The molecule has 36 heavy (non-hydrogen) atoms. The summed E-state index contributed by atoms with van der Waals surface area (Å²) in [5.41, 5.74) is 4.50. The summed E-state index contributed by atoms with van der Waals surface area (Å²) in [7, 11) is 0. The van der Waals surface area contributed by atoms with Crippen LogP contribution in [0, 0.1) is 6.92 Å². The van der Waals surface area contributed by atoms with Crippen LogP contribution in [0.1, 0.15) is 61.7 Å². The third kappa shape index (κ3) is 5.51. The van der Waals surface area contributed by atoms with Gasteiger partial charge in [0.1, 0.15) is 12.2 Å². The largest absolute Gasteiger partial charge is 0.481 e. The molecule has 1 heterocycles. The zero-order chi connectivity index (χ0) is 26.0. The lowest BCUT2D eigenvalue weighted by Crippen LogP contribution is -2.12. The average Bonchev–Trinajstić information content (AvgIpc) is 2.83. The van der Waals surface area contributed by atoms with Crippen LogP contribution < -0.4 is 10.2 Å². The van der Waals surface area contributed by atoms with Gasteiger partial charge in [-0.3, -0.25) is 4.79 Å². The van der Waals surface area contributed by atoms with Crippen molar-refractivity contribution < 1.29 is 18.7 Å². The van der Waals surface area contributed by atoms with Crippen LogP contribution in [0.3, 0.4) is 0 Å². The number of esters is 1. The molecule has 0 aliphatic rings. The van der Waals surface area contributed by atoms with Crippen LogP contribution in [0.2, 0.25) is 0 Å². The van der Waals surface area contributed by atoms with E-state index >= 15 is 0 Å². The Hall–Kier alpha value is -3.86. The number of ether oxygens (including phenoxy) is 2. The van der Waals surface area contributed by atoms with Gasteiger partial charge in [0.15, 0.2) is 5.76 Å². The Bertz CT molecular complexity index is 1440. The van der Waals surface area contributed by atoms with E-state index in [9.17, 15) is 9.59 Å². The van der Waals surface area contributed by atoms with Crippen LogP contribution >= 0.6 is 0 Å². The Kier molecular flexibility index (Phi) is 7.02. The van der Waals surface area contributed by atoms with E-state index in [-0.39, 0.29) is 35.3 Å². The molecule has 0 bridgehead atoms. The smallest absolute Gasteiger partial charge is 0.338 e. The number of benzene rings is 3. The van der Waals surface area contributed by atoms with E-state index in [2.05, 4.69) is 20.8 Å². The van der Waals surface area contributed by atoms with Gasteiger partial charge in [0.2, 0.25) is 11.2 Å². The number of hydrogen-bond donors (Lipinski definition) is 0. The minimum Gasteiger partial charge on any atom is -0.481 e. The lowest BCUT2D eigenvalue weighted by Gasteiger charge is -2.19. The standard InChI is InChI=1S/C31H32O5/c1-19(2)35-30(33)23-10-8-21(9-11-23)18-34-29-27(32)25-17-20(3)7-16-26(25)36-28(29)22-12-14-24(15-13-22)31(4,5)6/h7-17,19H,18H2,1-6H3. The zero-order valence-electron chi connectivity index (χ0n) is 21.7. The van der Waals surface area contributed by atoms with Crippen LogP contribution in [-0.4, -0.2) is 12.1 Å². The van der Waals surface area contributed by atoms with Gasteiger partial charge in [-0.25, -0.2) is 4.79 Å². The van der Waals surface area contributed by atoms with E-state index in [0.717, 1.165) is 16.7 Å². The molecule has 0 amide bonds. The molecule has 0 spiro atoms. The van der Waals surface area contributed by atoms with E-state index in [0.29, 0.717) is 22.3 Å². The number of carbonyl (C=O) groups excluding carboxylic acids is 1. The van der Waals surface area contributed by atoms with Gasteiger partial charge in [-0.15, -0.1) is 0 Å². The Balaban J connectivity index is 1.70. The molecule has 0 unspecified atom stereocenters. The van der Waals surface area contributed by atoms with Gasteiger partial charge < -0.3 is 13.9 Å². The molecule has 0 aliphatic heterocycles. The van der Waals surface area contributed by atoms with E-state index in [4.69, 9.17) is 13.9 Å². The summed E-state index contributed by atoms with van der Waals surface area (Å²) in [4.78, 5) is 25.6. The Morgan fingerprint density at radius 1 is 0.944 bits per heavy atom. The Labute approximate surface area is 211 Å². The number of rotatable bonds is 6. The maximum atomic E-state index is 13.5. The first-order valence-corrected chi connectivity index (χ1v) is 12.1. The van der Waals surface area contributed by atoms with Gasteiger partial charge in [0.25, 0.3) is 0 Å². The average molecular weight is 485 g/mol. The molecule has 0 N–H and O–H groups in total. The Morgan fingerprint density at radius 3 is 2.22 bits per heavy atom. The summed E-state index contributed by atoms with van der Waals surface area (Å²) in [6, 6.07) is 20.5. The summed E-state index contributed by atoms with van der Waals surface area (Å²) in [6.07, 6.45) is -0.188. The van der Waals surface area contributed by atoms with Crippen molar-refractivity contribution in [3.63, 3.8) is 0 Å². The van der Waals surface area contributed by atoms with Gasteiger partial charge in [-0.2, -0.15) is 0 Å². The first kappa shape index (κ1) is 25.2. The number of carbonyl (C=O) groups is 1. The number of aryl methyl sites for hydroxylation is 1. The summed E-state index contributed by atoms with van der Waals surface area (Å²) in [5.74, 6) is 0.192. The number of hydrogen-bond acceptors (Lipinski definition) is 5. The van der Waals surface area contributed by atoms with E-state index in [1.165, 1.54) is 5.56 Å². The second-order valence-electron chi connectivity index (χ2n) is 10.4. The third-order valence-electron chi connectivity index (χ3n) is 5.93. The highest BCUT2D eigenvalue weighted by Crippen LogP contribution is 2.33. The predicted octanol–water partition coefficient (Wildman–Crippen LogP) is 7.21. The maximum absolute atomic E-state index is 13.5. The maximum Gasteiger partial charge on any atom is 0.338 e. The van der Waals surface area contributed by atoms with Gasteiger partial charge in [-0.05, 0) is 61.6 Å². The summed E-state index contributed by atoms with van der Waals surface area (Å²) in [5, 5.41) is 0.479. The highest BCUT2D eigenvalue weighted by atomic mass is 16.5. The van der Waals surface area contributed by atoms with Crippen LogP contribution in [0.25, 0.3) is 22.3 Å². The molecular formula is C31H32O5. The van der Waals surface area contributed by atoms with Crippen molar-refractivity contribution in [1.82, 2.24) is 0 Å². The first-order valence-electron chi connectivity index (χ1n) is 12.1. The molecule has 0 atom stereocenters. The van der Waals surface area contributed by atoms with E-state index in [1.807, 2.05) is 63.2 Å². The minimum absolute atomic E-state index is 0.00731. The molecular weight excluding hydrogens is 452 g/mol. The molecule has 5 nitrogen and oxygen atoms in total. The Morgan fingerprint density at radius 2 is 1.61 bits per heavy atom. The van der Waals surface area contributed by atoms with Gasteiger partial charge >= 0.3 is 5.97 Å². The normalized spacial score (nSPS) is 11.6. The zero-order valence-corrected chi connectivity index (χ0v) is 21.7. The molecule has 0 aliphatic carbocycles. The monoisotopic (exact) mass is 484 g/mol. The highest BCUT2D eigenvalue weighted by molar-refractivity contribution is 5.89. The molecule has 5 heteroatoms. The summed E-state index contributed by atoms with van der Waals surface area (Å²) < 4.78 is 17.6. The second-order valence-corrected chi connectivity index (χ2v) is 10.4. The molecule has 4 aromatic rings. The molecule has 0 radical (unpaired) electrons. The molecule has 3 aromatic carbocycles. The van der Waals surface area contributed by atoms with Crippen molar-refractivity contribution in [2.75, 3.05) is 0 Å². The van der Waals surface area contributed by atoms with Crippen LogP contribution in [0.15, 0.2) is 75.9 Å². The van der Waals surface area contributed by atoms with Gasteiger partial charge in [0.05, 0.1) is 17.1 Å². The third-order valence-corrected chi connectivity index (χ3v) is 5.93. The van der Waals surface area contributed by atoms with Crippen molar-refractivity contribution in [1.29, 1.82) is 0 Å². The fourth-order valence-electron chi connectivity index (χ4n) is 3.91. The van der Waals surface area contributed by atoms with E-state index < -0.39 is 0 Å². The fourth-order valence-corrected chi connectivity index (χ4v) is 3.91. The lowest BCUT2D eigenvalue weighted by molar-refractivity contribution is 0.0378. The highest BCUT2D eigenvalue weighted by Gasteiger charge is 2.20. The van der Waals surface area contributed by atoms with E-state index in [1.54, 1.807) is 24.3 Å². The lowest BCUT2D eigenvalue weighted by atomic mass is 9.86. The minimum atomic E-state index is -0.371. The van der Waals surface area contributed by atoms with Gasteiger partial charge in [-0.1, -0.05) is 68.8 Å². The summed E-state index contributed by atoms with van der Waals surface area (Å²) in [6.45, 7) is 12.2. The SMILES string of the molecule is Cc1ccc2oc(-c3ccc(C(C)(C)C)cc3)c(OCc3ccc(C(=O)OC(C)C)cc3)c(=O)c2c1. The fraction of sp³-hybridized carbons (Fsp3) is 0.290. The molecule has 1 aromatic heterocycles. The molecule has 4 rings (SSSR count). The van der Waals surface area contributed by atoms with Crippen molar-refractivity contribution >= 4 is 16.9 Å². The van der Waals surface area contributed by atoms with Crippen molar-refractivity contribution in [2.24, 2.45) is 0 Å². The number of fused-ring (bicyclic) bond motifs is 1. The van der Waals surface area contributed by atoms with Crippen molar-refractivity contribution in [3.05, 3.63) is 99.2 Å². The molecule has 0 saturated carbocycles. The quantitative estimate of drug-likeness (QED) is 0.271. The molecule has 0 saturated heterocycles. The second kappa shape index (κ2) is 10.0. The first-order chi connectivity index (χ1) is 17.0. The van der Waals surface area contributed by atoms with Crippen molar-refractivity contribution in [2.45, 2.75) is 59.7 Å². The summed E-state index contributed by atoms with van der Waals surface area (Å²) >= 11 is 0. The van der Waals surface area contributed by atoms with Crippen LogP contribution in [0.5, 0.6) is 5.75 Å². The topological polar surface area (TPSA) is 65.7 Å².